The van der Waals surface area contributed by atoms with Crippen molar-refractivity contribution in [3.8, 4) is 0 Å². The molecule has 1 atom stereocenters. The Hall–Kier alpha value is -1.00. The normalized spacial score (nSPS) is 13.3. The van der Waals surface area contributed by atoms with Gasteiger partial charge in [-0.25, -0.2) is 4.98 Å². The topological polar surface area (TPSA) is 54.7 Å². The number of hydrogen-bond donors (Lipinski definition) is 2. The minimum Gasteiger partial charge on any atom is -0.345 e. The van der Waals surface area contributed by atoms with Crippen LogP contribution < -0.4 is 5.73 Å². The van der Waals surface area contributed by atoms with Crippen LogP contribution in [0.5, 0.6) is 0 Å². The first kappa shape index (κ1) is 9.55. The molecule has 4 heteroatoms. The second-order valence-electron chi connectivity index (χ2n) is 3.27. The van der Waals surface area contributed by atoms with Crippen molar-refractivity contribution in [2.24, 2.45) is 5.73 Å². The summed E-state index contributed by atoms with van der Waals surface area (Å²) in [7, 11) is 0. The van der Waals surface area contributed by atoms with Gasteiger partial charge in [0.1, 0.15) is 0 Å². The van der Waals surface area contributed by atoms with Crippen molar-refractivity contribution in [2.45, 2.75) is 18.1 Å². The van der Waals surface area contributed by atoms with Crippen LogP contribution in [0.4, 0.5) is 0 Å². The first-order valence-electron chi connectivity index (χ1n) is 4.55. The summed E-state index contributed by atoms with van der Waals surface area (Å²) in [6, 6.07) is 6.25. The van der Waals surface area contributed by atoms with E-state index in [1.807, 2.05) is 13.0 Å². The van der Waals surface area contributed by atoms with E-state index in [1.165, 1.54) is 5.56 Å². The third-order valence-corrected chi connectivity index (χ3v) is 3.02. The van der Waals surface area contributed by atoms with Crippen molar-refractivity contribution < 1.29 is 0 Å². The predicted molar refractivity (Wildman–Crippen MR) is 61.0 cm³/mol. The molecule has 3 nitrogen and oxygen atoms in total. The second-order valence-corrected chi connectivity index (χ2v) is 4.64. The highest BCUT2D eigenvalue weighted by Gasteiger charge is 2.00. The maximum Gasteiger partial charge on any atom is 0.0931 e. The summed E-state index contributed by atoms with van der Waals surface area (Å²) in [6.07, 6.45) is 1.72. The van der Waals surface area contributed by atoms with Crippen molar-refractivity contribution in [1.82, 2.24) is 9.97 Å². The number of imidazole rings is 1. The summed E-state index contributed by atoms with van der Waals surface area (Å²) < 4.78 is 0. The van der Waals surface area contributed by atoms with Crippen molar-refractivity contribution in [3.05, 3.63) is 30.1 Å². The first-order valence-corrected chi connectivity index (χ1v) is 5.60. The van der Waals surface area contributed by atoms with Gasteiger partial charge in [0, 0.05) is 11.1 Å². The van der Waals surface area contributed by atoms with E-state index in [2.05, 4.69) is 22.1 Å². The largest absolute Gasteiger partial charge is 0.345 e. The number of nitrogens with two attached hydrogens (primary N) is 1. The monoisotopic (exact) mass is 207 g/mol. The molecule has 0 fully saturated rings. The van der Waals surface area contributed by atoms with Crippen LogP contribution >= 0.6 is 11.8 Å². The van der Waals surface area contributed by atoms with Crippen molar-refractivity contribution in [2.75, 3.05) is 0 Å². The van der Waals surface area contributed by atoms with E-state index in [0.717, 1.165) is 16.8 Å². The van der Waals surface area contributed by atoms with E-state index in [4.69, 9.17) is 5.73 Å². The molecule has 0 bridgehead atoms. The standard InChI is InChI=1S/C10H13N3S/c1-7(11)14-5-8-2-3-9-10(4-8)13-6-12-9/h2-4,6-7H,5,11H2,1H3,(H,12,13). The van der Waals surface area contributed by atoms with Gasteiger partial charge < -0.3 is 10.7 Å². The number of benzene rings is 1. The lowest BCUT2D eigenvalue weighted by atomic mass is 10.2. The molecule has 1 heterocycles. The summed E-state index contributed by atoms with van der Waals surface area (Å²) >= 11 is 1.74. The van der Waals surface area contributed by atoms with Gasteiger partial charge in [0.15, 0.2) is 0 Å². The molecule has 0 saturated carbocycles. The zero-order valence-corrected chi connectivity index (χ0v) is 8.84. The molecule has 0 saturated heterocycles. The van der Waals surface area contributed by atoms with Gasteiger partial charge >= 0.3 is 0 Å². The fraction of sp³-hybridized carbons (Fsp3) is 0.300. The van der Waals surface area contributed by atoms with Crippen LogP contribution in [0.2, 0.25) is 0 Å². The lowest BCUT2D eigenvalue weighted by Gasteiger charge is -2.04. The maximum atomic E-state index is 5.68. The molecule has 0 aliphatic rings. The molecule has 14 heavy (non-hydrogen) atoms. The SMILES string of the molecule is CC(N)SCc1ccc2nc[nH]c2c1. The average Bonchev–Trinajstić information content (AvgIpc) is 2.61. The predicted octanol–water partition coefficient (Wildman–Crippen LogP) is 2.10. The van der Waals surface area contributed by atoms with E-state index in [-0.39, 0.29) is 5.37 Å². The van der Waals surface area contributed by atoms with Gasteiger partial charge in [0.25, 0.3) is 0 Å². The van der Waals surface area contributed by atoms with Crippen LogP contribution in [-0.4, -0.2) is 15.3 Å². The van der Waals surface area contributed by atoms with Gasteiger partial charge in [0.2, 0.25) is 0 Å². The minimum atomic E-state index is 0.187. The molecule has 0 aliphatic heterocycles. The summed E-state index contributed by atoms with van der Waals surface area (Å²) in [5.74, 6) is 0.951. The van der Waals surface area contributed by atoms with Gasteiger partial charge in [0.05, 0.1) is 17.4 Å². The Morgan fingerprint density at radius 3 is 3.21 bits per heavy atom. The molecule has 1 unspecified atom stereocenters. The molecule has 0 aliphatic carbocycles. The number of nitrogens with one attached hydrogen (secondary N) is 1. The molecule has 1 aromatic carbocycles. The number of H-pyrrole nitrogens is 1. The molecule has 74 valence electrons. The van der Waals surface area contributed by atoms with Gasteiger partial charge in [-0.1, -0.05) is 6.07 Å². The van der Waals surface area contributed by atoms with Crippen LogP contribution in [0.3, 0.4) is 0 Å². The van der Waals surface area contributed by atoms with Crippen LogP contribution in [0.15, 0.2) is 24.5 Å². The Labute approximate surface area is 87.1 Å². The van der Waals surface area contributed by atoms with E-state index in [1.54, 1.807) is 18.1 Å². The quantitative estimate of drug-likeness (QED) is 0.758. The molecule has 0 spiro atoms. The molecule has 0 amide bonds. The number of fused-ring (bicyclic) bond motifs is 1. The Morgan fingerprint density at radius 1 is 1.57 bits per heavy atom. The summed E-state index contributed by atoms with van der Waals surface area (Å²) in [4.78, 5) is 7.26. The molecule has 0 radical (unpaired) electrons. The van der Waals surface area contributed by atoms with Gasteiger partial charge in [-0.05, 0) is 24.6 Å². The van der Waals surface area contributed by atoms with Crippen LogP contribution in [0.1, 0.15) is 12.5 Å². The summed E-state index contributed by atoms with van der Waals surface area (Å²) in [5, 5.41) is 0.187. The van der Waals surface area contributed by atoms with E-state index in [9.17, 15) is 0 Å². The molecular weight excluding hydrogens is 194 g/mol. The molecule has 1 aromatic heterocycles. The minimum absolute atomic E-state index is 0.187. The van der Waals surface area contributed by atoms with Gasteiger partial charge in [-0.2, -0.15) is 0 Å². The molecule has 3 N–H and O–H groups in total. The Kier molecular flexibility index (Phi) is 2.74. The molecular formula is C10H13N3S. The van der Waals surface area contributed by atoms with Crippen LogP contribution in [-0.2, 0) is 5.75 Å². The fourth-order valence-corrected chi connectivity index (χ4v) is 1.94. The van der Waals surface area contributed by atoms with Gasteiger partial charge in [-0.15, -0.1) is 11.8 Å². The number of thioether (sulfide) groups is 1. The Bertz CT molecular complexity index is 422. The lowest BCUT2D eigenvalue weighted by Crippen LogP contribution is -2.09. The third-order valence-electron chi connectivity index (χ3n) is 2.00. The second kappa shape index (κ2) is 4.02. The number of aromatic amines is 1. The first-order chi connectivity index (χ1) is 6.75. The van der Waals surface area contributed by atoms with Gasteiger partial charge in [-0.3, -0.25) is 0 Å². The zero-order valence-electron chi connectivity index (χ0n) is 8.03. The molecule has 2 rings (SSSR count). The Balaban J connectivity index is 2.17. The highest BCUT2D eigenvalue weighted by atomic mass is 32.2. The average molecular weight is 207 g/mol. The smallest absolute Gasteiger partial charge is 0.0931 e. The highest BCUT2D eigenvalue weighted by Crippen LogP contribution is 2.18. The van der Waals surface area contributed by atoms with Crippen molar-refractivity contribution in [3.63, 3.8) is 0 Å². The number of rotatable bonds is 3. The van der Waals surface area contributed by atoms with Crippen LogP contribution in [0.25, 0.3) is 11.0 Å². The third kappa shape index (κ3) is 2.08. The van der Waals surface area contributed by atoms with E-state index >= 15 is 0 Å². The number of hydrogen-bond acceptors (Lipinski definition) is 3. The Morgan fingerprint density at radius 2 is 2.43 bits per heavy atom. The summed E-state index contributed by atoms with van der Waals surface area (Å²) in [5.41, 5.74) is 9.06. The fourth-order valence-electron chi connectivity index (χ4n) is 1.30. The van der Waals surface area contributed by atoms with E-state index < -0.39 is 0 Å². The maximum absolute atomic E-state index is 5.68. The zero-order chi connectivity index (χ0) is 9.97. The summed E-state index contributed by atoms with van der Waals surface area (Å²) in [6.45, 7) is 2.00. The van der Waals surface area contributed by atoms with Crippen LogP contribution in [0, 0.1) is 0 Å². The van der Waals surface area contributed by atoms with Crippen molar-refractivity contribution in [1.29, 1.82) is 0 Å². The molecule has 2 aromatic rings. The van der Waals surface area contributed by atoms with Crippen molar-refractivity contribution >= 4 is 22.8 Å². The number of aromatic nitrogens is 2. The lowest BCUT2D eigenvalue weighted by molar-refractivity contribution is 1.04. The highest BCUT2D eigenvalue weighted by molar-refractivity contribution is 7.99. The number of nitrogens with zero attached hydrogens (tertiary/aromatic N) is 1. The van der Waals surface area contributed by atoms with E-state index in [0.29, 0.717) is 0 Å².